The van der Waals surface area contributed by atoms with Crippen molar-refractivity contribution >= 4 is 22.6 Å². The van der Waals surface area contributed by atoms with Crippen molar-refractivity contribution in [2.75, 3.05) is 5.32 Å². The first-order valence-corrected chi connectivity index (χ1v) is 7.47. The summed E-state index contributed by atoms with van der Waals surface area (Å²) >= 11 is 0. The van der Waals surface area contributed by atoms with Crippen molar-refractivity contribution in [2.24, 2.45) is 0 Å². The Kier molecular flexibility index (Phi) is 3.68. The molecule has 0 radical (unpaired) electrons. The van der Waals surface area contributed by atoms with E-state index in [1.807, 2.05) is 18.2 Å². The number of anilines is 1. The van der Waals surface area contributed by atoms with Gasteiger partial charge in [0.1, 0.15) is 28.7 Å². The summed E-state index contributed by atoms with van der Waals surface area (Å²) in [6.07, 6.45) is 1.28. The lowest BCUT2D eigenvalue weighted by atomic mass is 10.1. The summed E-state index contributed by atoms with van der Waals surface area (Å²) in [4.78, 5) is 19.7. The molecule has 0 aliphatic heterocycles. The summed E-state index contributed by atoms with van der Waals surface area (Å²) in [5.41, 5.74) is 1.08. The van der Waals surface area contributed by atoms with Crippen LogP contribution in [0.5, 0.6) is 0 Å². The fraction of sp³-hybridized carbons (Fsp3) is 0. The van der Waals surface area contributed by atoms with Gasteiger partial charge in [-0.3, -0.25) is 9.89 Å². The summed E-state index contributed by atoms with van der Waals surface area (Å²) in [6, 6.07) is 8.15. The van der Waals surface area contributed by atoms with Crippen LogP contribution in [-0.2, 0) is 0 Å². The second kappa shape index (κ2) is 6.03. The lowest BCUT2D eigenvalue weighted by Gasteiger charge is -2.07. The molecular formula is C17H10F3N5O. The molecule has 130 valence electrons. The summed E-state index contributed by atoms with van der Waals surface area (Å²) < 4.78 is 40.5. The molecule has 9 heteroatoms. The molecule has 0 bridgehead atoms. The van der Waals surface area contributed by atoms with Crippen molar-refractivity contribution in [2.45, 2.75) is 0 Å². The Balaban J connectivity index is 1.68. The molecule has 2 heterocycles. The van der Waals surface area contributed by atoms with Crippen LogP contribution in [-0.4, -0.2) is 26.1 Å². The standard InChI is InChI=1S/C17H10F3N5O/c18-8-5-9(19)14(10(20)6-8)17(26)24-13-7-21-25-15(13)16-22-11-3-1-2-4-12(11)23-16/h1-7H,(H,21,25)(H,22,23)(H,24,26). The van der Waals surface area contributed by atoms with E-state index in [-0.39, 0.29) is 5.69 Å². The van der Waals surface area contributed by atoms with Gasteiger partial charge in [0, 0.05) is 12.1 Å². The number of fused-ring (bicyclic) bond motifs is 1. The van der Waals surface area contributed by atoms with E-state index in [4.69, 9.17) is 0 Å². The van der Waals surface area contributed by atoms with E-state index in [2.05, 4.69) is 25.5 Å². The second-order valence-corrected chi connectivity index (χ2v) is 5.46. The maximum Gasteiger partial charge on any atom is 0.261 e. The topological polar surface area (TPSA) is 86.5 Å². The van der Waals surface area contributed by atoms with E-state index in [0.29, 0.717) is 29.2 Å². The van der Waals surface area contributed by atoms with Gasteiger partial charge in [-0.1, -0.05) is 12.1 Å². The van der Waals surface area contributed by atoms with Gasteiger partial charge in [-0.25, -0.2) is 18.2 Å². The average molecular weight is 357 g/mol. The summed E-state index contributed by atoms with van der Waals surface area (Å²) in [5, 5.41) is 8.86. The zero-order chi connectivity index (χ0) is 18.3. The number of nitrogens with zero attached hydrogens (tertiary/aromatic N) is 2. The fourth-order valence-corrected chi connectivity index (χ4v) is 2.58. The molecule has 0 fully saturated rings. The van der Waals surface area contributed by atoms with Gasteiger partial charge in [0.2, 0.25) is 0 Å². The van der Waals surface area contributed by atoms with Gasteiger partial charge in [0.15, 0.2) is 5.82 Å². The molecule has 0 saturated carbocycles. The average Bonchev–Trinajstić information content (AvgIpc) is 3.19. The molecule has 1 amide bonds. The molecular weight excluding hydrogens is 347 g/mol. The Morgan fingerprint density at radius 3 is 2.54 bits per heavy atom. The zero-order valence-corrected chi connectivity index (χ0v) is 13.0. The number of halogens is 3. The highest BCUT2D eigenvalue weighted by Crippen LogP contribution is 2.26. The number of carbonyl (C=O) groups excluding carboxylic acids is 1. The summed E-state index contributed by atoms with van der Waals surface area (Å²) in [6.45, 7) is 0. The van der Waals surface area contributed by atoms with E-state index >= 15 is 0 Å². The predicted octanol–water partition coefficient (Wildman–Crippen LogP) is 3.62. The Morgan fingerprint density at radius 2 is 1.81 bits per heavy atom. The van der Waals surface area contributed by atoms with Crippen LogP contribution in [0.2, 0.25) is 0 Å². The number of hydrogen-bond donors (Lipinski definition) is 3. The highest BCUT2D eigenvalue weighted by atomic mass is 19.1. The van der Waals surface area contributed by atoms with Crippen LogP contribution in [0.4, 0.5) is 18.9 Å². The lowest BCUT2D eigenvalue weighted by Crippen LogP contribution is -2.16. The monoisotopic (exact) mass is 357 g/mol. The number of nitrogens with one attached hydrogen (secondary N) is 3. The van der Waals surface area contributed by atoms with E-state index in [0.717, 1.165) is 5.52 Å². The number of amides is 1. The minimum atomic E-state index is -1.30. The van der Waals surface area contributed by atoms with Crippen molar-refractivity contribution in [3.05, 3.63) is 65.6 Å². The minimum Gasteiger partial charge on any atom is -0.337 e. The Morgan fingerprint density at radius 1 is 1.08 bits per heavy atom. The maximum atomic E-state index is 13.8. The first-order chi connectivity index (χ1) is 12.5. The molecule has 2 aromatic heterocycles. The van der Waals surface area contributed by atoms with Gasteiger partial charge in [0.05, 0.1) is 22.9 Å². The number of hydrogen-bond acceptors (Lipinski definition) is 3. The molecule has 0 saturated heterocycles. The Hall–Kier alpha value is -3.62. The van der Waals surface area contributed by atoms with Crippen molar-refractivity contribution < 1.29 is 18.0 Å². The van der Waals surface area contributed by atoms with E-state index in [1.54, 1.807) is 6.07 Å². The third-order valence-electron chi connectivity index (χ3n) is 3.75. The molecule has 0 aliphatic carbocycles. The minimum absolute atomic E-state index is 0.164. The molecule has 6 nitrogen and oxygen atoms in total. The van der Waals surface area contributed by atoms with Crippen molar-refractivity contribution in [3.63, 3.8) is 0 Å². The number of aromatic nitrogens is 4. The molecule has 4 aromatic rings. The number of imidazole rings is 1. The number of para-hydroxylation sites is 2. The van der Waals surface area contributed by atoms with Crippen LogP contribution < -0.4 is 5.32 Å². The molecule has 4 rings (SSSR count). The number of benzene rings is 2. The van der Waals surface area contributed by atoms with Crippen LogP contribution >= 0.6 is 0 Å². The van der Waals surface area contributed by atoms with Gasteiger partial charge in [0.25, 0.3) is 5.91 Å². The zero-order valence-electron chi connectivity index (χ0n) is 13.0. The van der Waals surface area contributed by atoms with Gasteiger partial charge >= 0.3 is 0 Å². The molecule has 26 heavy (non-hydrogen) atoms. The van der Waals surface area contributed by atoms with Crippen LogP contribution in [0.3, 0.4) is 0 Å². The summed E-state index contributed by atoms with van der Waals surface area (Å²) in [7, 11) is 0. The fourth-order valence-electron chi connectivity index (χ4n) is 2.58. The number of carbonyl (C=O) groups is 1. The second-order valence-electron chi connectivity index (χ2n) is 5.46. The third-order valence-corrected chi connectivity index (χ3v) is 3.75. The van der Waals surface area contributed by atoms with Crippen LogP contribution in [0, 0.1) is 17.5 Å². The Labute approximate surface area is 144 Å². The normalized spacial score (nSPS) is 11.0. The van der Waals surface area contributed by atoms with E-state index < -0.39 is 28.9 Å². The van der Waals surface area contributed by atoms with Gasteiger partial charge in [-0.2, -0.15) is 5.10 Å². The lowest BCUT2D eigenvalue weighted by molar-refractivity contribution is 0.101. The molecule has 0 spiro atoms. The highest BCUT2D eigenvalue weighted by molar-refractivity contribution is 6.06. The molecule has 0 atom stereocenters. The highest BCUT2D eigenvalue weighted by Gasteiger charge is 2.21. The van der Waals surface area contributed by atoms with Crippen LogP contribution in [0.25, 0.3) is 22.6 Å². The predicted molar refractivity (Wildman–Crippen MR) is 87.9 cm³/mol. The SMILES string of the molecule is O=C(Nc1cn[nH]c1-c1nc2ccccc2[nH]1)c1c(F)cc(F)cc1F. The van der Waals surface area contributed by atoms with Crippen molar-refractivity contribution in [1.82, 2.24) is 20.2 Å². The van der Waals surface area contributed by atoms with Crippen molar-refractivity contribution in [1.29, 1.82) is 0 Å². The molecule has 0 aliphatic rings. The molecule has 0 unspecified atom stereocenters. The third kappa shape index (κ3) is 2.69. The van der Waals surface area contributed by atoms with Crippen LogP contribution in [0.15, 0.2) is 42.6 Å². The van der Waals surface area contributed by atoms with Gasteiger partial charge in [-0.05, 0) is 12.1 Å². The quantitative estimate of drug-likeness (QED) is 0.523. The first-order valence-electron chi connectivity index (χ1n) is 7.47. The smallest absolute Gasteiger partial charge is 0.261 e. The Bertz CT molecular complexity index is 1080. The van der Waals surface area contributed by atoms with E-state index in [9.17, 15) is 18.0 Å². The number of rotatable bonds is 3. The van der Waals surface area contributed by atoms with Gasteiger partial charge < -0.3 is 10.3 Å². The van der Waals surface area contributed by atoms with Crippen LogP contribution in [0.1, 0.15) is 10.4 Å². The summed E-state index contributed by atoms with van der Waals surface area (Å²) in [5.74, 6) is -4.39. The number of H-pyrrole nitrogens is 2. The molecule has 2 aromatic carbocycles. The maximum absolute atomic E-state index is 13.8. The first kappa shape index (κ1) is 15.9. The number of aromatic amines is 2. The largest absolute Gasteiger partial charge is 0.337 e. The van der Waals surface area contributed by atoms with Crippen molar-refractivity contribution in [3.8, 4) is 11.5 Å². The van der Waals surface area contributed by atoms with E-state index in [1.165, 1.54) is 6.20 Å². The van der Waals surface area contributed by atoms with Gasteiger partial charge in [-0.15, -0.1) is 0 Å². The molecule has 3 N–H and O–H groups in total.